The van der Waals surface area contributed by atoms with Crippen molar-refractivity contribution in [1.82, 2.24) is 19.3 Å². The lowest BCUT2D eigenvalue weighted by molar-refractivity contribution is -0.113. The molecule has 1 N–H and O–H groups in total. The van der Waals surface area contributed by atoms with Gasteiger partial charge >= 0.3 is 0 Å². The molecular weight excluding hydrogens is 398 g/mol. The summed E-state index contributed by atoms with van der Waals surface area (Å²) in [4.78, 5) is 24.8. The fraction of sp³-hybridized carbons (Fsp3) is 0.423. The highest BCUT2D eigenvalue weighted by Crippen LogP contribution is 2.30. The van der Waals surface area contributed by atoms with Crippen LogP contribution < -0.4 is 5.32 Å². The number of hydrogen-bond donors (Lipinski definition) is 1. The molecule has 3 heterocycles. The second kappa shape index (κ2) is 8.17. The molecule has 1 aliphatic carbocycles. The van der Waals surface area contributed by atoms with Gasteiger partial charge < -0.3 is 9.72 Å². The van der Waals surface area contributed by atoms with Gasteiger partial charge in [0.15, 0.2) is 11.4 Å². The van der Waals surface area contributed by atoms with E-state index in [1.54, 1.807) is 0 Å². The summed E-state index contributed by atoms with van der Waals surface area (Å²) in [7, 11) is 0. The number of allylic oxidation sites excluding steroid dienone is 1. The van der Waals surface area contributed by atoms with E-state index in [0.29, 0.717) is 24.1 Å². The van der Waals surface area contributed by atoms with Crippen molar-refractivity contribution in [3.63, 3.8) is 0 Å². The first kappa shape index (κ1) is 20.9. The van der Waals surface area contributed by atoms with E-state index in [-0.39, 0.29) is 5.78 Å². The van der Waals surface area contributed by atoms with Crippen molar-refractivity contribution in [3.8, 4) is 0 Å². The summed E-state index contributed by atoms with van der Waals surface area (Å²) in [5.74, 6) is 0.143. The van der Waals surface area contributed by atoms with Gasteiger partial charge in [-0.3, -0.25) is 14.7 Å². The average Bonchev–Trinajstić information content (AvgIpc) is 3.35. The first-order valence-electron chi connectivity index (χ1n) is 11.6. The molecule has 2 aliphatic rings. The Bertz CT molecular complexity index is 1220. The molecule has 6 nitrogen and oxygen atoms in total. The van der Waals surface area contributed by atoms with E-state index in [9.17, 15) is 4.79 Å². The number of rotatable bonds is 4. The Labute approximate surface area is 189 Å². The van der Waals surface area contributed by atoms with Crippen molar-refractivity contribution >= 4 is 28.8 Å². The fourth-order valence-electron chi connectivity index (χ4n) is 4.93. The zero-order valence-electron chi connectivity index (χ0n) is 19.4. The predicted octanol–water partition coefficient (Wildman–Crippen LogP) is 4.30. The predicted molar refractivity (Wildman–Crippen MR) is 129 cm³/mol. The van der Waals surface area contributed by atoms with Gasteiger partial charge in [0.05, 0.1) is 17.1 Å². The normalized spacial score (nSPS) is 19.3. The van der Waals surface area contributed by atoms with Crippen molar-refractivity contribution in [3.05, 3.63) is 58.8 Å². The maximum absolute atomic E-state index is 13.0. The third-order valence-electron chi connectivity index (χ3n) is 6.69. The largest absolute Gasteiger partial charge is 0.381 e. The standard InChI is InChI=1S/C26H31N5O/c1-16(2)30-10-9-22(14-30)28-21-7-5-20-12-23(25(32)8-6-19(20)11-21)24-15-31-13-17(3)27-18(4)26(31)29-24/h5,7,11-13,15-16,22,28H,6,8-10,14H2,1-4H3/t22-/m1/s1. The van der Waals surface area contributed by atoms with E-state index in [1.165, 1.54) is 12.0 Å². The van der Waals surface area contributed by atoms with Gasteiger partial charge in [0, 0.05) is 55.2 Å². The molecule has 3 aromatic rings. The summed E-state index contributed by atoms with van der Waals surface area (Å²) >= 11 is 0. The van der Waals surface area contributed by atoms with Crippen LogP contribution in [0, 0.1) is 13.8 Å². The molecule has 0 saturated carbocycles. The summed E-state index contributed by atoms with van der Waals surface area (Å²) in [5, 5.41) is 3.71. The first-order chi connectivity index (χ1) is 15.4. The van der Waals surface area contributed by atoms with Crippen LogP contribution in [0.15, 0.2) is 30.6 Å². The number of likely N-dealkylation sites (tertiary alicyclic amines) is 1. The fourth-order valence-corrected chi connectivity index (χ4v) is 4.93. The summed E-state index contributed by atoms with van der Waals surface area (Å²) < 4.78 is 1.97. The number of anilines is 1. The Morgan fingerprint density at radius 3 is 2.75 bits per heavy atom. The number of nitrogens with zero attached hydrogens (tertiary/aromatic N) is 4. The number of fused-ring (bicyclic) bond motifs is 2. The number of imidazole rings is 1. The van der Waals surface area contributed by atoms with Gasteiger partial charge in [-0.05, 0) is 69.9 Å². The number of aromatic nitrogens is 3. The van der Waals surface area contributed by atoms with Crippen LogP contribution in [-0.4, -0.2) is 50.2 Å². The Morgan fingerprint density at radius 1 is 1.12 bits per heavy atom. The molecule has 1 saturated heterocycles. The molecule has 0 radical (unpaired) electrons. The third kappa shape index (κ3) is 3.95. The lowest BCUT2D eigenvalue weighted by atomic mass is 10.0. The van der Waals surface area contributed by atoms with Gasteiger partial charge in [-0.15, -0.1) is 0 Å². The van der Waals surface area contributed by atoms with Crippen LogP contribution >= 0.6 is 0 Å². The molecule has 2 aromatic heterocycles. The van der Waals surface area contributed by atoms with Gasteiger partial charge in [-0.2, -0.15) is 0 Å². The summed E-state index contributed by atoms with van der Waals surface area (Å²) in [5.41, 5.74) is 7.49. The van der Waals surface area contributed by atoms with Crippen LogP contribution in [0.3, 0.4) is 0 Å². The minimum absolute atomic E-state index is 0.143. The van der Waals surface area contributed by atoms with Crippen molar-refractivity contribution in [2.24, 2.45) is 0 Å². The Balaban J connectivity index is 1.43. The lowest BCUT2D eigenvalue weighted by Gasteiger charge is -2.21. The van der Waals surface area contributed by atoms with Gasteiger partial charge in [0.25, 0.3) is 0 Å². The van der Waals surface area contributed by atoms with Crippen LogP contribution in [0.25, 0.3) is 17.3 Å². The minimum atomic E-state index is 0.143. The second-order valence-corrected chi connectivity index (χ2v) is 9.44. The molecular formula is C26H31N5O. The molecule has 166 valence electrons. The van der Waals surface area contributed by atoms with Crippen molar-refractivity contribution < 1.29 is 4.79 Å². The van der Waals surface area contributed by atoms with E-state index in [0.717, 1.165) is 53.5 Å². The van der Waals surface area contributed by atoms with E-state index < -0.39 is 0 Å². The zero-order valence-corrected chi connectivity index (χ0v) is 19.4. The van der Waals surface area contributed by atoms with E-state index in [2.05, 4.69) is 47.2 Å². The van der Waals surface area contributed by atoms with E-state index in [1.807, 2.05) is 36.7 Å². The number of carbonyl (C=O) groups is 1. The Hall–Kier alpha value is -2.99. The highest BCUT2D eigenvalue weighted by Gasteiger charge is 2.25. The number of ketones is 1. The van der Waals surface area contributed by atoms with Crippen LogP contribution in [-0.2, 0) is 11.2 Å². The SMILES string of the molecule is Cc1cn2cc(C3=Cc4ccc(N[C@@H]5CCN(C(C)C)C5)cc4CCC3=O)nc2c(C)n1. The van der Waals surface area contributed by atoms with Crippen LogP contribution in [0.5, 0.6) is 0 Å². The number of carbonyl (C=O) groups excluding carboxylic acids is 1. The molecule has 1 aliphatic heterocycles. The molecule has 32 heavy (non-hydrogen) atoms. The number of benzene rings is 1. The first-order valence-corrected chi connectivity index (χ1v) is 11.6. The number of nitrogens with one attached hydrogen (secondary N) is 1. The topological polar surface area (TPSA) is 62.5 Å². The van der Waals surface area contributed by atoms with Gasteiger partial charge in [0.1, 0.15) is 0 Å². The Morgan fingerprint density at radius 2 is 1.97 bits per heavy atom. The van der Waals surface area contributed by atoms with Crippen molar-refractivity contribution in [2.45, 2.75) is 59.0 Å². The molecule has 1 aromatic carbocycles. The molecule has 1 fully saturated rings. The molecule has 6 heteroatoms. The maximum Gasteiger partial charge on any atom is 0.165 e. The highest BCUT2D eigenvalue weighted by atomic mass is 16.1. The van der Waals surface area contributed by atoms with Crippen LogP contribution in [0.1, 0.15) is 54.9 Å². The van der Waals surface area contributed by atoms with Gasteiger partial charge in [-0.25, -0.2) is 4.98 Å². The monoisotopic (exact) mass is 429 g/mol. The summed E-state index contributed by atoms with van der Waals surface area (Å²) in [6.07, 6.45) is 8.33. The number of Topliss-reactive ketones (excluding diaryl/α,β-unsaturated/α-hetero) is 1. The van der Waals surface area contributed by atoms with Gasteiger partial charge in [-0.1, -0.05) is 6.07 Å². The maximum atomic E-state index is 13.0. The quantitative estimate of drug-likeness (QED) is 0.670. The lowest BCUT2D eigenvalue weighted by Crippen LogP contribution is -2.31. The van der Waals surface area contributed by atoms with E-state index >= 15 is 0 Å². The zero-order chi connectivity index (χ0) is 22.4. The second-order valence-electron chi connectivity index (χ2n) is 9.44. The van der Waals surface area contributed by atoms with Gasteiger partial charge in [0.2, 0.25) is 0 Å². The molecule has 0 bridgehead atoms. The summed E-state index contributed by atoms with van der Waals surface area (Å²) in [6.45, 7) is 10.7. The summed E-state index contributed by atoms with van der Waals surface area (Å²) in [6, 6.07) is 7.57. The number of aryl methyl sites for hydroxylation is 3. The molecule has 0 spiro atoms. The smallest absolute Gasteiger partial charge is 0.165 e. The molecule has 0 amide bonds. The highest BCUT2D eigenvalue weighted by molar-refractivity contribution is 6.25. The average molecular weight is 430 g/mol. The Kier molecular flexibility index (Phi) is 5.33. The molecule has 5 rings (SSSR count). The molecule has 0 unspecified atom stereocenters. The van der Waals surface area contributed by atoms with Crippen LogP contribution in [0.4, 0.5) is 5.69 Å². The van der Waals surface area contributed by atoms with E-state index in [4.69, 9.17) is 4.98 Å². The minimum Gasteiger partial charge on any atom is -0.381 e. The van der Waals surface area contributed by atoms with Crippen molar-refractivity contribution in [2.75, 3.05) is 18.4 Å². The number of hydrogen-bond acceptors (Lipinski definition) is 5. The van der Waals surface area contributed by atoms with Crippen LogP contribution in [0.2, 0.25) is 0 Å². The van der Waals surface area contributed by atoms with Crippen molar-refractivity contribution in [1.29, 1.82) is 0 Å². The molecule has 1 atom stereocenters. The third-order valence-corrected chi connectivity index (χ3v) is 6.69.